The summed E-state index contributed by atoms with van der Waals surface area (Å²) in [7, 11) is 0. The Labute approximate surface area is 328 Å². The molecule has 1 unspecified atom stereocenters. The van der Waals surface area contributed by atoms with Crippen LogP contribution in [0.2, 0.25) is 0 Å². The highest BCUT2D eigenvalue weighted by Crippen LogP contribution is 2.41. The number of hydrogen-bond acceptors (Lipinski definition) is 0. The number of nitrogens with zero attached hydrogens (tertiary/aromatic N) is 1. The summed E-state index contributed by atoms with van der Waals surface area (Å²) in [5, 5.41) is 2.49. The van der Waals surface area contributed by atoms with Crippen LogP contribution < -0.4 is 0 Å². The van der Waals surface area contributed by atoms with Gasteiger partial charge in [0.2, 0.25) is 0 Å². The normalized spacial score (nSPS) is 11.9. The standard InChI is InChI=1S/C55H39N/c1-5-17-39(18-6-1)43-25-15-27-47(35-43)55(42-23-11-4-12-24-42)48-28-16-26-44(36-48)46-31-33-50-49-29-13-14-30-52(49)56(54(50)38-46)53-34-32-45(40-19-7-2-8-20-40)37-51(53)41-21-9-3-10-22-41/h1-38,55H. The van der Waals surface area contributed by atoms with Crippen LogP contribution in [0.5, 0.6) is 0 Å². The second-order valence-electron chi connectivity index (χ2n) is 14.5. The highest BCUT2D eigenvalue weighted by atomic mass is 15.0. The van der Waals surface area contributed by atoms with Crippen LogP contribution in [-0.2, 0) is 0 Å². The summed E-state index contributed by atoms with van der Waals surface area (Å²) in [6.45, 7) is 0. The lowest BCUT2D eigenvalue weighted by atomic mass is 9.83. The van der Waals surface area contributed by atoms with E-state index in [2.05, 4.69) is 235 Å². The number of aromatic nitrogens is 1. The zero-order valence-corrected chi connectivity index (χ0v) is 31.0. The first-order valence-electron chi connectivity index (χ1n) is 19.4. The van der Waals surface area contributed by atoms with Gasteiger partial charge in [-0.15, -0.1) is 0 Å². The molecule has 0 aliphatic carbocycles. The van der Waals surface area contributed by atoms with E-state index in [1.54, 1.807) is 0 Å². The molecule has 56 heavy (non-hydrogen) atoms. The fourth-order valence-electron chi connectivity index (χ4n) is 8.45. The summed E-state index contributed by atoms with van der Waals surface area (Å²) in [5.74, 6) is 0.0755. The Morgan fingerprint density at radius 2 is 0.714 bits per heavy atom. The largest absolute Gasteiger partial charge is 0.309 e. The third-order valence-electron chi connectivity index (χ3n) is 11.1. The van der Waals surface area contributed by atoms with Crippen LogP contribution in [-0.4, -0.2) is 4.57 Å². The number of para-hydroxylation sites is 1. The summed E-state index contributed by atoms with van der Waals surface area (Å²) >= 11 is 0. The Hall–Kier alpha value is -7.22. The van der Waals surface area contributed by atoms with Gasteiger partial charge < -0.3 is 4.57 Å². The average Bonchev–Trinajstić information content (AvgIpc) is 3.61. The molecule has 0 saturated carbocycles. The zero-order chi connectivity index (χ0) is 37.3. The van der Waals surface area contributed by atoms with Crippen molar-refractivity contribution in [3.63, 3.8) is 0 Å². The quantitative estimate of drug-likeness (QED) is 0.138. The lowest BCUT2D eigenvalue weighted by Gasteiger charge is -2.21. The lowest BCUT2D eigenvalue weighted by Crippen LogP contribution is -2.04. The molecule has 0 spiro atoms. The van der Waals surface area contributed by atoms with Crippen molar-refractivity contribution in [3.8, 4) is 50.2 Å². The second kappa shape index (κ2) is 14.5. The molecule has 0 N–H and O–H groups in total. The monoisotopic (exact) mass is 713 g/mol. The van der Waals surface area contributed by atoms with Crippen LogP contribution in [0, 0.1) is 0 Å². The van der Waals surface area contributed by atoms with Crippen molar-refractivity contribution >= 4 is 21.8 Å². The van der Waals surface area contributed by atoms with E-state index in [1.165, 1.54) is 83.0 Å². The maximum Gasteiger partial charge on any atom is 0.0547 e. The van der Waals surface area contributed by atoms with Gasteiger partial charge in [0, 0.05) is 22.3 Å². The van der Waals surface area contributed by atoms with Crippen molar-refractivity contribution in [2.45, 2.75) is 5.92 Å². The number of benzene rings is 9. The summed E-state index contributed by atoms with van der Waals surface area (Å²) in [6.07, 6.45) is 0. The Morgan fingerprint density at radius 1 is 0.268 bits per heavy atom. The van der Waals surface area contributed by atoms with E-state index in [-0.39, 0.29) is 5.92 Å². The molecule has 0 saturated heterocycles. The number of rotatable bonds is 8. The van der Waals surface area contributed by atoms with Gasteiger partial charge in [-0.05, 0) is 79.9 Å². The Bertz CT molecular complexity index is 2940. The van der Waals surface area contributed by atoms with E-state index < -0.39 is 0 Å². The molecule has 0 bridgehead atoms. The molecule has 10 rings (SSSR count). The molecule has 1 aromatic heterocycles. The predicted molar refractivity (Wildman–Crippen MR) is 236 cm³/mol. The number of fused-ring (bicyclic) bond motifs is 3. The maximum atomic E-state index is 2.47. The Balaban J connectivity index is 1.14. The van der Waals surface area contributed by atoms with Crippen molar-refractivity contribution in [3.05, 3.63) is 247 Å². The van der Waals surface area contributed by atoms with Crippen LogP contribution in [0.1, 0.15) is 22.6 Å². The van der Waals surface area contributed by atoms with E-state index in [9.17, 15) is 0 Å². The van der Waals surface area contributed by atoms with Gasteiger partial charge in [-0.1, -0.05) is 206 Å². The Kier molecular flexibility index (Phi) is 8.67. The topological polar surface area (TPSA) is 4.93 Å². The molecule has 1 heterocycles. The molecule has 0 aliphatic heterocycles. The number of hydrogen-bond donors (Lipinski definition) is 0. The summed E-state index contributed by atoms with van der Waals surface area (Å²) < 4.78 is 2.47. The molecule has 1 nitrogen and oxygen atoms in total. The SMILES string of the molecule is c1ccc(-c2cccc(C(c3ccccc3)c3cccc(-c4ccc5c6ccccc6n(-c6ccc(-c7ccccc7)cc6-c6ccccc6)c5c4)c3)c2)cc1. The van der Waals surface area contributed by atoms with E-state index >= 15 is 0 Å². The molecule has 0 amide bonds. The second-order valence-corrected chi connectivity index (χ2v) is 14.5. The van der Waals surface area contributed by atoms with Crippen LogP contribution in [0.3, 0.4) is 0 Å². The van der Waals surface area contributed by atoms with Gasteiger partial charge in [-0.25, -0.2) is 0 Å². The van der Waals surface area contributed by atoms with Crippen molar-refractivity contribution < 1.29 is 0 Å². The molecule has 264 valence electrons. The molecule has 0 radical (unpaired) electrons. The maximum absolute atomic E-state index is 2.47. The third kappa shape index (κ3) is 6.20. The van der Waals surface area contributed by atoms with Crippen molar-refractivity contribution in [1.29, 1.82) is 0 Å². The molecule has 1 atom stereocenters. The van der Waals surface area contributed by atoms with Crippen molar-refractivity contribution in [2.24, 2.45) is 0 Å². The minimum Gasteiger partial charge on any atom is -0.309 e. The van der Waals surface area contributed by atoms with E-state index in [0.29, 0.717) is 0 Å². The first kappa shape index (κ1) is 33.4. The zero-order valence-electron chi connectivity index (χ0n) is 31.0. The fraction of sp³-hybridized carbons (Fsp3) is 0.0182. The van der Waals surface area contributed by atoms with Crippen LogP contribution >= 0.6 is 0 Å². The predicted octanol–water partition coefficient (Wildman–Crippen LogP) is 14.6. The molecule has 10 aromatic rings. The van der Waals surface area contributed by atoms with Gasteiger partial charge in [0.15, 0.2) is 0 Å². The van der Waals surface area contributed by atoms with Crippen LogP contribution in [0.4, 0.5) is 0 Å². The van der Waals surface area contributed by atoms with Gasteiger partial charge >= 0.3 is 0 Å². The van der Waals surface area contributed by atoms with Gasteiger partial charge in [-0.3, -0.25) is 0 Å². The lowest BCUT2D eigenvalue weighted by molar-refractivity contribution is 0.978. The van der Waals surface area contributed by atoms with Gasteiger partial charge in [0.05, 0.1) is 16.7 Å². The molecular weight excluding hydrogens is 675 g/mol. The molecule has 0 aliphatic rings. The van der Waals surface area contributed by atoms with Gasteiger partial charge in [-0.2, -0.15) is 0 Å². The average molecular weight is 714 g/mol. The van der Waals surface area contributed by atoms with E-state index in [0.717, 1.165) is 5.69 Å². The molecular formula is C55H39N. The molecule has 1 heteroatoms. The minimum absolute atomic E-state index is 0.0755. The first-order valence-corrected chi connectivity index (χ1v) is 19.4. The molecule has 9 aromatic carbocycles. The summed E-state index contributed by atoms with van der Waals surface area (Å²) in [6, 6.07) is 84.0. The van der Waals surface area contributed by atoms with E-state index in [1.807, 2.05) is 0 Å². The van der Waals surface area contributed by atoms with Gasteiger partial charge in [0.25, 0.3) is 0 Å². The highest BCUT2D eigenvalue weighted by molar-refractivity contribution is 6.10. The van der Waals surface area contributed by atoms with Gasteiger partial charge in [0.1, 0.15) is 0 Å². The third-order valence-corrected chi connectivity index (χ3v) is 11.1. The summed E-state index contributed by atoms with van der Waals surface area (Å²) in [4.78, 5) is 0. The summed E-state index contributed by atoms with van der Waals surface area (Å²) in [5.41, 5.74) is 17.0. The van der Waals surface area contributed by atoms with Crippen molar-refractivity contribution in [2.75, 3.05) is 0 Å². The highest BCUT2D eigenvalue weighted by Gasteiger charge is 2.20. The Morgan fingerprint density at radius 3 is 1.36 bits per heavy atom. The van der Waals surface area contributed by atoms with Crippen LogP contribution in [0.25, 0.3) is 72.0 Å². The first-order chi connectivity index (χ1) is 27.8. The van der Waals surface area contributed by atoms with Crippen LogP contribution in [0.15, 0.2) is 231 Å². The molecule has 0 fully saturated rings. The van der Waals surface area contributed by atoms with Crippen molar-refractivity contribution in [1.82, 2.24) is 4.57 Å². The minimum atomic E-state index is 0.0755. The smallest absolute Gasteiger partial charge is 0.0547 e. The fourth-order valence-corrected chi connectivity index (χ4v) is 8.45. The van der Waals surface area contributed by atoms with E-state index in [4.69, 9.17) is 0 Å².